The minimum absolute atomic E-state index is 0. The molecule has 2 N–H and O–H groups in total. The summed E-state index contributed by atoms with van der Waals surface area (Å²) in [5.74, 6) is 0.981. The second-order valence-corrected chi connectivity index (χ2v) is 7.93. The van der Waals surface area contributed by atoms with Gasteiger partial charge in [-0.05, 0) is 77.7 Å². The lowest BCUT2D eigenvalue weighted by Gasteiger charge is -2.20. The fraction of sp³-hybridized carbons (Fsp3) is 0.682. The van der Waals surface area contributed by atoms with Crippen molar-refractivity contribution in [2.24, 2.45) is 4.99 Å². The fourth-order valence-corrected chi connectivity index (χ4v) is 4.03. The number of rotatable bonds is 8. The van der Waals surface area contributed by atoms with Crippen LogP contribution in [0.25, 0.3) is 0 Å². The van der Waals surface area contributed by atoms with Crippen LogP contribution in [0.3, 0.4) is 0 Å². The Morgan fingerprint density at radius 1 is 1.11 bits per heavy atom. The van der Waals surface area contributed by atoms with Crippen LogP contribution in [0.1, 0.15) is 44.6 Å². The van der Waals surface area contributed by atoms with E-state index in [1.54, 1.807) is 0 Å². The van der Waals surface area contributed by atoms with Crippen LogP contribution in [0.5, 0.6) is 0 Å². The first-order valence-corrected chi connectivity index (χ1v) is 10.8. The Labute approximate surface area is 188 Å². The quantitative estimate of drug-likeness (QED) is 0.248. The first-order chi connectivity index (χ1) is 13.2. The molecule has 2 aliphatic heterocycles. The van der Waals surface area contributed by atoms with Gasteiger partial charge in [-0.15, -0.1) is 24.0 Å². The molecular weight excluding hydrogens is 461 g/mol. The molecule has 2 fully saturated rings. The number of nitrogens with zero attached hydrogens (tertiary/aromatic N) is 3. The molecule has 0 amide bonds. The van der Waals surface area contributed by atoms with Crippen molar-refractivity contribution in [1.82, 2.24) is 15.5 Å². The maximum absolute atomic E-state index is 4.81. The molecule has 5 nitrogen and oxygen atoms in total. The summed E-state index contributed by atoms with van der Waals surface area (Å²) >= 11 is 0. The second kappa shape index (κ2) is 12.5. The first kappa shape index (κ1) is 23.3. The summed E-state index contributed by atoms with van der Waals surface area (Å²) in [7, 11) is 0. The average Bonchev–Trinajstić information content (AvgIpc) is 3.34. The Balaban J connectivity index is 0.00000280. The van der Waals surface area contributed by atoms with E-state index in [4.69, 9.17) is 4.99 Å². The van der Waals surface area contributed by atoms with E-state index in [1.165, 1.54) is 56.6 Å². The zero-order valence-corrected chi connectivity index (χ0v) is 20.0. The van der Waals surface area contributed by atoms with Crippen LogP contribution in [0.2, 0.25) is 0 Å². The van der Waals surface area contributed by atoms with E-state index < -0.39 is 0 Å². The minimum Gasteiger partial charge on any atom is -0.369 e. The van der Waals surface area contributed by atoms with Crippen molar-refractivity contribution in [2.45, 2.75) is 52.0 Å². The minimum atomic E-state index is 0. The van der Waals surface area contributed by atoms with E-state index in [9.17, 15) is 0 Å². The number of aryl methyl sites for hydroxylation is 1. The Bertz CT molecular complexity index is 583. The van der Waals surface area contributed by atoms with E-state index in [-0.39, 0.29) is 24.0 Å². The number of likely N-dealkylation sites (tertiary alicyclic amines) is 1. The third-order valence-electron chi connectivity index (χ3n) is 5.62. The maximum Gasteiger partial charge on any atom is 0.191 e. The number of aliphatic imine (C=N–C) groups is 1. The highest BCUT2D eigenvalue weighted by Crippen LogP contribution is 2.20. The molecule has 1 aromatic carbocycles. The molecule has 2 heterocycles. The van der Waals surface area contributed by atoms with Crippen molar-refractivity contribution in [3.05, 3.63) is 29.8 Å². The van der Waals surface area contributed by atoms with Gasteiger partial charge >= 0.3 is 0 Å². The molecular formula is C22H38IN5. The van der Waals surface area contributed by atoms with Crippen molar-refractivity contribution in [2.75, 3.05) is 50.7 Å². The molecule has 0 bridgehead atoms. The standard InChI is InChI=1S/C22H37N5.HI/c1-3-23-22(24-13-4-5-14-26-15-6-7-16-26)25-20-12-17-27(18-20)21-10-8-19(2)9-11-21;/h8-11,20H,3-7,12-18H2,1-2H3,(H2,23,24,25);1H. The van der Waals surface area contributed by atoms with Crippen LogP contribution < -0.4 is 15.5 Å². The SMILES string of the molecule is CCNC(=NCCCCN1CCCC1)NC1CCN(c2ccc(C)cc2)C1.I. The smallest absolute Gasteiger partial charge is 0.191 e. The highest BCUT2D eigenvalue weighted by Gasteiger charge is 2.23. The van der Waals surface area contributed by atoms with Gasteiger partial charge in [-0.25, -0.2) is 0 Å². The zero-order valence-electron chi connectivity index (χ0n) is 17.6. The molecule has 0 aliphatic carbocycles. The lowest BCUT2D eigenvalue weighted by atomic mass is 10.2. The zero-order chi connectivity index (χ0) is 18.9. The van der Waals surface area contributed by atoms with E-state index in [0.717, 1.165) is 38.6 Å². The molecule has 1 atom stereocenters. The van der Waals surface area contributed by atoms with E-state index in [2.05, 4.69) is 58.5 Å². The van der Waals surface area contributed by atoms with Crippen molar-refractivity contribution in [3.8, 4) is 0 Å². The van der Waals surface area contributed by atoms with Crippen molar-refractivity contribution < 1.29 is 0 Å². The van der Waals surface area contributed by atoms with E-state index >= 15 is 0 Å². The number of guanidine groups is 1. The number of halogens is 1. The molecule has 2 saturated heterocycles. The lowest BCUT2D eigenvalue weighted by molar-refractivity contribution is 0.331. The lowest BCUT2D eigenvalue weighted by Crippen LogP contribution is -2.44. The largest absolute Gasteiger partial charge is 0.369 e. The molecule has 3 rings (SSSR count). The van der Waals surface area contributed by atoms with Crippen LogP contribution in [0.4, 0.5) is 5.69 Å². The molecule has 6 heteroatoms. The average molecular weight is 499 g/mol. The van der Waals surface area contributed by atoms with Gasteiger partial charge in [0.1, 0.15) is 0 Å². The van der Waals surface area contributed by atoms with Crippen LogP contribution in [0.15, 0.2) is 29.3 Å². The van der Waals surface area contributed by atoms with Gasteiger partial charge in [-0.3, -0.25) is 4.99 Å². The van der Waals surface area contributed by atoms with Gasteiger partial charge in [0, 0.05) is 37.9 Å². The number of nitrogens with one attached hydrogen (secondary N) is 2. The molecule has 0 spiro atoms. The molecule has 0 radical (unpaired) electrons. The molecule has 0 aromatic heterocycles. The summed E-state index contributed by atoms with van der Waals surface area (Å²) in [5, 5.41) is 7.06. The number of benzene rings is 1. The van der Waals surface area contributed by atoms with Crippen molar-refractivity contribution >= 4 is 35.6 Å². The normalized spacial score (nSPS) is 20.3. The van der Waals surface area contributed by atoms with Gasteiger partial charge in [-0.2, -0.15) is 0 Å². The van der Waals surface area contributed by atoms with Gasteiger partial charge in [0.2, 0.25) is 0 Å². The predicted molar refractivity (Wildman–Crippen MR) is 131 cm³/mol. The number of hydrogen-bond acceptors (Lipinski definition) is 3. The van der Waals surface area contributed by atoms with E-state index in [1.807, 2.05) is 0 Å². The summed E-state index contributed by atoms with van der Waals surface area (Å²) in [6.07, 6.45) is 6.36. The van der Waals surface area contributed by atoms with Crippen molar-refractivity contribution in [3.63, 3.8) is 0 Å². The van der Waals surface area contributed by atoms with Crippen LogP contribution in [0, 0.1) is 6.92 Å². The van der Waals surface area contributed by atoms with Gasteiger partial charge in [0.05, 0.1) is 0 Å². The fourth-order valence-electron chi connectivity index (χ4n) is 4.03. The predicted octanol–water partition coefficient (Wildman–Crippen LogP) is 3.62. The third-order valence-corrected chi connectivity index (χ3v) is 5.62. The topological polar surface area (TPSA) is 42.9 Å². The Hall–Kier alpha value is -1.02. The molecule has 158 valence electrons. The molecule has 28 heavy (non-hydrogen) atoms. The Kier molecular flexibility index (Phi) is 10.4. The van der Waals surface area contributed by atoms with Crippen molar-refractivity contribution in [1.29, 1.82) is 0 Å². The molecule has 1 aromatic rings. The third kappa shape index (κ3) is 7.43. The summed E-state index contributed by atoms with van der Waals surface area (Å²) < 4.78 is 0. The Morgan fingerprint density at radius 3 is 2.57 bits per heavy atom. The van der Waals surface area contributed by atoms with Crippen LogP contribution in [-0.4, -0.2) is 62.7 Å². The van der Waals surface area contributed by atoms with E-state index in [0.29, 0.717) is 6.04 Å². The number of unbranched alkanes of at least 4 members (excludes halogenated alkanes) is 1. The highest BCUT2D eigenvalue weighted by molar-refractivity contribution is 14.0. The summed E-state index contributed by atoms with van der Waals surface area (Å²) in [4.78, 5) is 9.87. The second-order valence-electron chi connectivity index (χ2n) is 7.93. The van der Waals surface area contributed by atoms with Gasteiger partial charge in [0.25, 0.3) is 0 Å². The molecule has 1 unspecified atom stereocenters. The highest BCUT2D eigenvalue weighted by atomic mass is 127. The summed E-state index contributed by atoms with van der Waals surface area (Å²) in [6.45, 7) is 12.1. The summed E-state index contributed by atoms with van der Waals surface area (Å²) in [6, 6.07) is 9.33. The number of hydrogen-bond donors (Lipinski definition) is 2. The number of anilines is 1. The first-order valence-electron chi connectivity index (χ1n) is 10.8. The maximum atomic E-state index is 4.81. The molecule has 2 aliphatic rings. The monoisotopic (exact) mass is 499 g/mol. The summed E-state index contributed by atoms with van der Waals surface area (Å²) in [5.41, 5.74) is 2.65. The van der Waals surface area contributed by atoms with Crippen LogP contribution in [-0.2, 0) is 0 Å². The molecule has 0 saturated carbocycles. The van der Waals surface area contributed by atoms with Crippen LogP contribution >= 0.6 is 24.0 Å². The Morgan fingerprint density at radius 2 is 1.86 bits per heavy atom. The van der Waals surface area contributed by atoms with Gasteiger partial charge in [-0.1, -0.05) is 17.7 Å². The van der Waals surface area contributed by atoms with Gasteiger partial charge in [0.15, 0.2) is 5.96 Å². The van der Waals surface area contributed by atoms with Gasteiger partial charge < -0.3 is 20.4 Å².